The summed E-state index contributed by atoms with van der Waals surface area (Å²) in [7, 11) is 1.62. The second-order valence-corrected chi connectivity index (χ2v) is 3.50. The molecule has 5 heteroatoms. The molecular formula is C12H11N4O. The second kappa shape index (κ2) is 4.61. The lowest BCUT2D eigenvalue weighted by molar-refractivity contribution is 0.712. The lowest BCUT2D eigenvalue weighted by Crippen LogP contribution is -2.18. The molecule has 0 aliphatic heterocycles. The summed E-state index contributed by atoms with van der Waals surface area (Å²) >= 11 is 0. The zero-order chi connectivity index (χ0) is 12.3. The molecule has 0 saturated carbocycles. The van der Waals surface area contributed by atoms with E-state index < -0.39 is 0 Å². The summed E-state index contributed by atoms with van der Waals surface area (Å²) in [5, 5.41) is 7.48. The van der Waals surface area contributed by atoms with Gasteiger partial charge < -0.3 is 5.84 Å². The molecule has 17 heavy (non-hydrogen) atoms. The Balaban J connectivity index is 2.39. The first-order chi connectivity index (χ1) is 8.20. The highest BCUT2D eigenvalue weighted by Crippen LogP contribution is 2.15. The van der Waals surface area contributed by atoms with Crippen LogP contribution in [0.15, 0.2) is 46.3 Å². The highest BCUT2D eigenvalue weighted by Gasteiger charge is 2.00. The third kappa shape index (κ3) is 2.39. The van der Waals surface area contributed by atoms with E-state index in [1.54, 1.807) is 13.1 Å². The number of aryl methyl sites for hydroxylation is 1. The van der Waals surface area contributed by atoms with Gasteiger partial charge in [0.2, 0.25) is 0 Å². The molecular weight excluding hydrogens is 216 g/mol. The number of aromatic nitrogens is 2. The zero-order valence-corrected chi connectivity index (χ0v) is 9.29. The summed E-state index contributed by atoms with van der Waals surface area (Å²) in [4.78, 5) is 11.2. The van der Waals surface area contributed by atoms with Gasteiger partial charge in [-0.1, -0.05) is 24.3 Å². The number of hydrogen-bond donors (Lipinski definition) is 1. The van der Waals surface area contributed by atoms with Gasteiger partial charge in [0, 0.05) is 24.2 Å². The Morgan fingerprint density at radius 1 is 1.24 bits per heavy atom. The number of rotatable bonds is 2. The second-order valence-electron chi connectivity index (χ2n) is 3.50. The monoisotopic (exact) mass is 227 g/mol. The topological polar surface area (TPSA) is 73.3 Å². The summed E-state index contributed by atoms with van der Waals surface area (Å²) in [6, 6.07) is 10.6. The normalized spacial score (nSPS) is 10.9. The number of nitrogens with zero attached hydrogens (tertiary/aromatic N) is 3. The molecule has 1 aromatic heterocycles. The van der Waals surface area contributed by atoms with E-state index in [0.29, 0.717) is 0 Å². The smallest absolute Gasteiger partial charge is 0.266 e. The van der Waals surface area contributed by atoms with Crippen LogP contribution in [-0.2, 0) is 7.05 Å². The number of benzene rings is 1. The molecule has 2 rings (SSSR count). The maximum absolute atomic E-state index is 11.2. The van der Waals surface area contributed by atoms with E-state index in [2.05, 4.69) is 16.4 Å². The highest BCUT2D eigenvalue weighted by molar-refractivity contribution is 5.80. The van der Waals surface area contributed by atoms with E-state index in [-0.39, 0.29) is 5.56 Å². The summed E-state index contributed by atoms with van der Waals surface area (Å²) in [6.07, 6.45) is 2.63. The van der Waals surface area contributed by atoms with Crippen LogP contribution in [0.25, 0.3) is 11.3 Å². The molecule has 0 amide bonds. The van der Waals surface area contributed by atoms with Gasteiger partial charge in [-0.3, -0.25) is 4.79 Å². The van der Waals surface area contributed by atoms with Crippen LogP contribution in [0.5, 0.6) is 0 Å². The van der Waals surface area contributed by atoms with Gasteiger partial charge >= 0.3 is 0 Å². The van der Waals surface area contributed by atoms with Crippen LogP contribution in [0.3, 0.4) is 0 Å². The molecule has 0 saturated heterocycles. The van der Waals surface area contributed by atoms with Crippen molar-refractivity contribution in [3.05, 3.63) is 52.3 Å². The number of hydrazone groups is 1. The maximum Gasteiger partial charge on any atom is 0.266 e. The van der Waals surface area contributed by atoms with E-state index in [1.165, 1.54) is 10.7 Å². The Kier molecular flexibility index (Phi) is 3.00. The average Bonchev–Trinajstić information content (AvgIpc) is 2.34. The van der Waals surface area contributed by atoms with Gasteiger partial charge in [-0.05, 0) is 6.07 Å². The lowest BCUT2D eigenvalue weighted by atomic mass is 10.1. The molecule has 5 nitrogen and oxygen atoms in total. The third-order valence-electron chi connectivity index (χ3n) is 2.33. The van der Waals surface area contributed by atoms with Gasteiger partial charge in [-0.15, -0.1) is 0 Å². The molecule has 0 atom stereocenters. The molecule has 2 aromatic rings. The first-order valence-electron chi connectivity index (χ1n) is 5.01. The highest BCUT2D eigenvalue weighted by atomic mass is 16.1. The van der Waals surface area contributed by atoms with Crippen molar-refractivity contribution in [2.75, 3.05) is 0 Å². The Bertz CT molecular complexity index is 599. The van der Waals surface area contributed by atoms with E-state index in [0.717, 1.165) is 16.8 Å². The van der Waals surface area contributed by atoms with E-state index >= 15 is 0 Å². The fourth-order valence-electron chi connectivity index (χ4n) is 1.45. The van der Waals surface area contributed by atoms with Crippen LogP contribution >= 0.6 is 0 Å². The van der Waals surface area contributed by atoms with Crippen LogP contribution in [-0.4, -0.2) is 16.0 Å². The molecule has 2 N–H and O–H groups in total. The predicted octanol–water partition coefficient (Wildman–Crippen LogP) is 0.617. The SMILES string of the molecule is Cn1nc(-c2ccc(/[C]=N/N)cc2)ccc1=O. The minimum Gasteiger partial charge on any atom is -0.323 e. The van der Waals surface area contributed by atoms with E-state index in [9.17, 15) is 4.79 Å². The molecule has 0 aliphatic carbocycles. The van der Waals surface area contributed by atoms with Gasteiger partial charge in [-0.2, -0.15) is 10.2 Å². The van der Waals surface area contributed by atoms with Gasteiger partial charge in [0.1, 0.15) is 6.21 Å². The van der Waals surface area contributed by atoms with Crippen molar-refractivity contribution in [3.8, 4) is 11.3 Å². The van der Waals surface area contributed by atoms with Crippen LogP contribution in [0.4, 0.5) is 0 Å². The van der Waals surface area contributed by atoms with Crippen molar-refractivity contribution < 1.29 is 0 Å². The van der Waals surface area contributed by atoms with Gasteiger partial charge in [-0.25, -0.2) is 4.68 Å². The minimum absolute atomic E-state index is 0.131. The fraction of sp³-hybridized carbons (Fsp3) is 0.0833. The molecule has 1 radical (unpaired) electrons. The predicted molar refractivity (Wildman–Crippen MR) is 65.6 cm³/mol. The first kappa shape index (κ1) is 11.1. The molecule has 0 bridgehead atoms. The largest absolute Gasteiger partial charge is 0.323 e. The Morgan fingerprint density at radius 3 is 2.53 bits per heavy atom. The summed E-state index contributed by atoms with van der Waals surface area (Å²) in [5.74, 6) is 5.01. The van der Waals surface area contributed by atoms with Crippen LogP contribution in [0.1, 0.15) is 5.56 Å². The Morgan fingerprint density at radius 2 is 1.94 bits per heavy atom. The van der Waals surface area contributed by atoms with Crippen molar-refractivity contribution in [1.29, 1.82) is 0 Å². The molecule has 0 fully saturated rings. The molecule has 1 heterocycles. The van der Waals surface area contributed by atoms with Crippen molar-refractivity contribution in [2.45, 2.75) is 0 Å². The molecule has 0 unspecified atom stereocenters. The molecule has 85 valence electrons. The quantitative estimate of drug-likeness (QED) is 0.464. The summed E-state index contributed by atoms with van der Waals surface area (Å²) in [5.41, 5.74) is 2.32. The number of nitrogens with two attached hydrogens (primary N) is 1. The third-order valence-corrected chi connectivity index (χ3v) is 2.33. The average molecular weight is 227 g/mol. The zero-order valence-electron chi connectivity index (χ0n) is 9.29. The summed E-state index contributed by atoms with van der Waals surface area (Å²) < 4.78 is 1.30. The fourth-order valence-corrected chi connectivity index (χ4v) is 1.45. The van der Waals surface area contributed by atoms with Crippen molar-refractivity contribution in [2.24, 2.45) is 18.0 Å². The van der Waals surface area contributed by atoms with Crippen LogP contribution in [0, 0.1) is 0 Å². The van der Waals surface area contributed by atoms with Gasteiger partial charge in [0.25, 0.3) is 5.56 Å². The standard InChI is InChI=1S/C12H11N4O/c1-16-12(17)7-6-11(15-16)10-4-2-9(3-5-10)8-14-13/h2-7H,13H2,1H3. The van der Waals surface area contributed by atoms with E-state index in [4.69, 9.17) is 5.84 Å². The lowest BCUT2D eigenvalue weighted by Gasteiger charge is -2.02. The first-order valence-corrected chi connectivity index (χ1v) is 5.01. The molecule has 0 spiro atoms. The minimum atomic E-state index is -0.131. The van der Waals surface area contributed by atoms with Crippen molar-refractivity contribution in [1.82, 2.24) is 9.78 Å². The van der Waals surface area contributed by atoms with Gasteiger partial charge in [0.15, 0.2) is 0 Å². The van der Waals surface area contributed by atoms with Crippen LogP contribution < -0.4 is 11.4 Å². The number of hydrogen-bond acceptors (Lipinski definition) is 4. The molecule has 0 aliphatic rings. The van der Waals surface area contributed by atoms with Gasteiger partial charge in [0.05, 0.1) is 5.69 Å². The van der Waals surface area contributed by atoms with Crippen molar-refractivity contribution in [3.63, 3.8) is 0 Å². The molecule has 1 aromatic carbocycles. The Hall–Kier alpha value is -2.43. The maximum atomic E-state index is 11.2. The Labute approximate surface area is 98.2 Å². The van der Waals surface area contributed by atoms with Crippen LogP contribution in [0.2, 0.25) is 0 Å². The van der Waals surface area contributed by atoms with Crippen molar-refractivity contribution >= 4 is 6.21 Å². The summed E-state index contributed by atoms with van der Waals surface area (Å²) in [6.45, 7) is 0. The van der Waals surface area contributed by atoms with E-state index in [1.807, 2.05) is 24.3 Å².